The third-order valence-corrected chi connectivity index (χ3v) is 4.33. The van der Waals surface area contributed by atoms with Gasteiger partial charge in [-0.15, -0.1) is 0 Å². The molecule has 1 N–H and O–H groups in total. The lowest BCUT2D eigenvalue weighted by Gasteiger charge is -2.18. The minimum Gasteiger partial charge on any atom is -0.466 e. The fourth-order valence-corrected chi connectivity index (χ4v) is 2.84. The van der Waals surface area contributed by atoms with E-state index in [1.165, 1.54) is 27.8 Å². The predicted molar refractivity (Wildman–Crippen MR) is 84.3 cm³/mol. The lowest BCUT2D eigenvalue weighted by molar-refractivity contribution is 0.489. The monoisotopic (exact) mass is 271 g/mol. The smallest absolute Gasteiger partial charge is 0.106 e. The Kier molecular flexibility index (Phi) is 4.34. The van der Waals surface area contributed by atoms with Crippen LogP contribution < -0.4 is 5.32 Å². The average molecular weight is 271 g/mol. The highest BCUT2D eigenvalue weighted by atomic mass is 16.3. The molecule has 0 aliphatic heterocycles. The Labute approximate surface area is 122 Å². The van der Waals surface area contributed by atoms with E-state index in [9.17, 15) is 0 Å². The minimum absolute atomic E-state index is 0.301. The van der Waals surface area contributed by atoms with Crippen LogP contribution in [0.3, 0.4) is 0 Å². The van der Waals surface area contributed by atoms with E-state index in [4.69, 9.17) is 4.42 Å². The molecule has 20 heavy (non-hydrogen) atoms. The lowest BCUT2D eigenvalue weighted by Crippen LogP contribution is -2.20. The quantitative estimate of drug-likeness (QED) is 0.895. The molecular formula is C18H25NO. The molecule has 108 valence electrons. The van der Waals surface area contributed by atoms with Crippen LogP contribution in [0.15, 0.2) is 22.6 Å². The van der Waals surface area contributed by atoms with Crippen molar-refractivity contribution < 1.29 is 4.42 Å². The van der Waals surface area contributed by atoms with Gasteiger partial charge in [-0.25, -0.2) is 0 Å². The number of nitrogens with one attached hydrogen (secondary N) is 1. The van der Waals surface area contributed by atoms with E-state index in [2.05, 4.69) is 51.2 Å². The van der Waals surface area contributed by atoms with Crippen molar-refractivity contribution in [3.8, 4) is 0 Å². The first-order chi connectivity index (χ1) is 9.43. The molecule has 2 heteroatoms. The number of likely N-dealkylation sites (N-methyl/N-ethyl adjacent to an activating group) is 1. The predicted octanol–water partition coefficient (Wildman–Crippen LogP) is 4.32. The summed E-state index contributed by atoms with van der Waals surface area (Å²) in [7, 11) is 2.02. The first-order valence-corrected chi connectivity index (χ1v) is 7.24. The van der Waals surface area contributed by atoms with Crippen molar-refractivity contribution in [2.75, 3.05) is 7.05 Å². The Morgan fingerprint density at radius 1 is 1.00 bits per heavy atom. The summed E-state index contributed by atoms with van der Waals surface area (Å²) in [6.07, 6.45) is 0.984. The first-order valence-electron chi connectivity index (χ1n) is 7.24. The summed E-state index contributed by atoms with van der Waals surface area (Å²) >= 11 is 0. The largest absolute Gasteiger partial charge is 0.466 e. The van der Waals surface area contributed by atoms with Crippen molar-refractivity contribution >= 4 is 0 Å². The van der Waals surface area contributed by atoms with Gasteiger partial charge >= 0.3 is 0 Å². The minimum atomic E-state index is 0.301. The van der Waals surface area contributed by atoms with Gasteiger partial charge < -0.3 is 9.73 Å². The van der Waals surface area contributed by atoms with Crippen molar-refractivity contribution in [3.05, 3.63) is 57.5 Å². The third kappa shape index (κ3) is 2.80. The highest BCUT2D eigenvalue weighted by molar-refractivity contribution is 5.37. The summed E-state index contributed by atoms with van der Waals surface area (Å²) in [6, 6.07) is 7.02. The second-order valence-electron chi connectivity index (χ2n) is 5.72. The number of aryl methyl sites for hydroxylation is 4. The molecule has 0 fully saturated rings. The number of furan rings is 1. The molecule has 0 spiro atoms. The molecule has 0 saturated carbocycles. The molecule has 0 radical (unpaired) electrons. The number of benzene rings is 1. The molecule has 0 amide bonds. The Balaban J connectivity index is 2.31. The normalized spacial score (nSPS) is 12.7. The van der Waals surface area contributed by atoms with Gasteiger partial charge in [0.05, 0.1) is 0 Å². The maximum atomic E-state index is 5.77. The topological polar surface area (TPSA) is 25.2 Å². The van der Waals surface area contributed by atoms with Crippen molar-refractivity contribution in [2.45, 2.75) is 47.1 Å². The Hall–Kier alpha value is -1.54. The van der Waals surface area contributed by atoms with E-state index in [1.54, 1.807) is 0 Å². The zero-order valence-corrected chi connectivity index (χ0v) is 13.4. The summed E-state index contributed by atoms with van der Waals surface area (Å²) in [5.74, 6) is 2.06. The van der Waals surface area contributed by atoms with Gasteiger partial charge in [-0.2, -0.15) is 0 Å². The van der Waals surface area contributed by atoms with Crippen LogP contribution in [0.25, 0.3) is 0 Å². The molecule has 2 aromatic rings. The molecule has 0 aliphatic carbocycles. The van der Waals surface area contributed by atoms with E-state index in [1.807, 2.05) is 14.0 Å². The lowest BCUT2D eigenvalue weighted by atomic mass is 9.94. The van der Waals surface area contributed by atoms with E-state index >= 15 is 0 Å². The van der Waals surface area contributed by atoms with Gasteiger partial charge in [0.2, 0.25) is 0 Å². The first kappa shape index (κ1) is 14.9. The second-order valence-corrected chi connectivity index (χ2v) is 5.72. The van der Waals surface area contributed by atoms with Crippen LogP contribution in [0.2, 0.25) is 0 Å². The molecule has 1 aromatic carbocycles. The number of hydrogen-bond donors (Lipinski definition) is 1. The molecular weight excluding hydrogens is 246 g/mol. The van der Waals surface area contributed by atoms with E-state index in [-0.39, 0.29) is 0 Å². The standard InChI is InChI=1S/C18H25NO/c1-11-7-8-16(9-12(11)2)10-17(19-6)18-13(3)14(4)20-15(18)5/h7-9,17,19H,10H2,1-6H3. The molecule has 0 aliphatic rings. The van der Waals surface area contributed by atoms with E-state index in [0.717, 1.165) is 17.9 Å². The van der Waals surface area contributed by atoms with Crippen LogP contribution in [0.4, 0.5) is 0 Å². The molecule has 1 aromatic heterocycles. The van der Waals surface area contributed by atoms with Crippen molar-refractivity contribution in [1.29, 1.82) is 0 Å². The molecule has 1 atom stereocenters. The second kappa shape index (κ2) is 5.84. The van der Waals surface area contributed by atoms with Gasteiger partial charge in [-0.1, -0.05) is 18.2 Å². The van der Waals surface area contributed by atoms with Crippen LogP contribution in [0, 0.1) is 34.6 Å². The van der Waals surface area contributed by atoms with Crippen molar-refractivity contribution in [3.63, 3.8) is 0 Å². The van der Waals surface area contributed by atoms with Crippen molar-refractivity contribution in [2.24, 2.45) is 0 Å². The average Bonchev–Trinajstić information content (AvgIpc) is 2.65. The zero-order chi connectivity index (χ0) is 14.9. The highest BCUT2D eigenvalue weighted by Gasteiger charge is 2.20. The van der Waals surface area contributed by atoms with Gasteiger partial charge in [0.15, 0.2) is 0 Å². The molecule has 1 unspecified atom stereocenters. The highest BCUT2D eigenvalue weighted by Crippen LogP contribution is 2.29. The van der Waals surface area contributed by atoms with Gasteiger partial charge in [0.25, 0.3) is 0 Å². The Morgan fingerprint density at radius 2 is 1.70 bits per heavy atom. The number of rotatable bonds is 4. The SMILES string of the molecule is CNC(Cc1ccc(C)c(C)c1)c1c(C)oc(C)c1C. The van der Waals surface area contributed by atoms with Crippen LogP contribution >= 0.6 is 0 Å². The van der Waals surface area contributed by atoms with Crippen LogP contribution in [-0.2, 0) is 6.42 Å². The fraction of sp³-hybridized carbons (Fsp3) is 0.444. The molecule has 1 heterocycles. The summed E-state index contributed by atoms with van der Waals surface area (Å²) in [4.78, 5) is 0. The summed E-state index contributed by atoms with van der Waals surface area (Å²) < 4.78 is 5.77. The van der Waals surface area contributed by atoms with Crippen LogP contribution in [0.5, 0.6) is 0 Å². The van der Waals surface area contributed by atoms with Gasteiger partial charge in [-0.05, 0) is 70.3 Å². The number of hydrogen-bond acceptors (Lipinski definition) is 2. The zero-order valence-electron chi connectivity index (χ0n) is 13.4. The Bertz CT molecular complexity index is 610. The summed E-state index contributed by atoms with van der Waals surface area (Å²) in [6.45, 7) is 10.6. The van der Waals surface area contributed by atoms with Gasteiger partial charge in [-0.3, -0.25) is 0 Å². The van der Waals surface area contributed by atoms with E-state index < -0.39 is 0 Å². The van der Waals surface area contributed by atoms with Gasteiger partial charge in [0, 0.05) is 11.6 Å². The van der Waals surface area contributed by atoms with E-state index in [0.29, 0.717) is 6.04 Å². The summed E-state index contributed by atoms with van der Waals surface area (Å²) in [5.41, 5.74) is 6.65. The molecule has 0 saturated heterocycles. The fourth-order valence-electron chi connectivity index (χ4n) is 2.84. The molecule has 2 nitrogen and oxygen atoms in total. The van der Waals surface area contributed by atoms with Gasteiger partial charge in [0.1, 0.15) is 11.5 Å². The Morgan fingerprint density at radius 3 is 2.20 bits per heavy atom. The molecule has 0 bridgehead atoms. The third-order valence-electron chi connectivity index (χ3n) is 4.33. The maximum Gasteiger partial charge on any atom is 0.106 e. The summed E-state index contributed by atoms with van der Waals surface area (Å²) in [5, 5.41) is 3.44. The van der Waals surface area contributed by atoms with Crippen LogP contribution in [0.1, 0.15) is 45.4 Å². The van der Waals surface area contributed by atoms with Crippen molar-refractivity contribution in [1.82, 2.24) is 5.32 Å². The maximum absolute atomic E-state index is 5.77. The molecule has 2 rings (SSSR count). The van der Waals surface area contributed by atoms with Crippen LogP contribution in [-0.4, -0.2) is 7.05 Å².